The standard InChI is InChI=1S/C11H4BrF3N2O/c12-9-2-7(1-8(5-16)6-17)3-10(4-9)18-11(13,14)15/h1-4H. The zero-order valence-corrected chi connectivity index (χ0v) is 10.2. The van der Waals surface area contributed by atoms with Crippen molar-refractivity contribution in [1.82, 2.24) is 0 Å². The zero-order valence-electron chi connectivity index (χ0n) is 8.62. The Labute approximate surface area is 109 Å². The highest BCUT2D eigenvalue weighted by Gasteiger charge is 2.31. The summed E-state index contributed by atoms with van der Waals surface area (Å²) < 4.78 is 40.2. The molecule has 0 aliphatic carbocycles. The maximum Gasteiger partial charge on any atom is 0.573 e. The van der Waals surface area contributed by atoms with Crippen LogP contribution in [0.1, 0.15) is 5.56 Å². The Morgan fingerprint density at radius 3 is 2.33 bits per heavy atom. The van der Waals surface area contributed by atoms with Crippen LogP contribution in [0.15, 0.2) is 28.2 Å². The van der Waals surface area contributed by atoms with Crippen molar-refractivity contribution in [3.8, 4) is 17.9 Å². The molecule has 0 unspecified atom stereocenters. The number of alkyl halides is 3. The topological polar surface area (TPSA) is 56.8 Å². The van der Waals surface area contributed by atoms with E-state index >= 15 is 0 Å². The second-order valence-electron chi connectivity index (χ2n) is 3.05. The Bertz CT molecular complexity index is 551. The second-order valence-corrected chi connectivity index (χ2v) is 3.97. The predicted octanol–water partition coefficient (Wildman–Crippen LogP) is 3.78. The highest BCUT2D eigenvalue weighted by molar-refractivity contribution is 9.10. The van der Waals surface area contributed by atoms with Crippen LogP contribution in [-0.4, -0.2) is 6.36 Å². The van der Waals surface area contributed by atoms with E-state index in [4.69, 9.17) is 10.5 Å². The normalized spacial score (nSPS) is 10.1. The molecule has 18 heavy (non-hydrogen) atoms. The summed E-state index contributed by atoms with van der Waals surface area (Å²) in [7, 11) is 0. The average Bonchev–Trinajstić information content (AvgIpc) is 2.22. The van der Waals surface area contributed by atoms with Gasteiger partial charge in [-0.05, 0) is 29.8 Å². The summed E-state index contributed by atoms with van der Waals surface area (Å²) in [4.78, 5) is 0. The van der Waals surface area contributed by atoms with Crippen LogP contribution in [0.4, 0.5) is 13.2 Å². The molecule has 0 bridgehead atoms. The molecule has 0 N–H and O–H groups in total. The molecular formula is C11H4BrF3N2O. The number of allylic oxidation sites excluding steroid dienone is 1. The molecule has 0 aliphatic rings. The molecule has 1 aromatic carbocycles. The third-order valence-corrected chi connectivity index (χ3v) is 2.14. The van der Waals surface area contributed by atoms with Gasteiger partial charge in [0.25, 0.3) is 0 Å². The number of rotatable bonds is 2. The van der Waals surface area contributed by atoms with Gasteiger partial charge in [0, 0.05) is 4.47 Å². The predicted molar refractivity (Wildman–Crippen MR) is 60.0 cm³/mol. The number of hydrogen-bond donors (Lipinski definition) is 0. The third-order valence-electron chi connectivity index (χ3n) is 1.68. The quantitative estimate of drug-likeness (QED) is 0.780. The molecular weight excluding hydrogens is 313 g/mol. The maximum atomic E-state index is 12.0. The maximum absolute atomic E-state index is 12.0. The zero-order chi connectivity index (χ0) is 13.8. The van der Waals surface area contributed by atoms with Crippen molar-refractivity contribution in [2.24, 2.45) is 0 Å². The first-order valence-electron chi connectivity index (χ1n) is 4.42. The minimum absolute atomic E-state index is 0.217. The minimum Gasteiger partial charge on any atom is -0.406 e. The molecule has 0 fully saturated rings. The number of halogens is 4. The van der Waals surface area contributed by atoms with E-state index in [0.717, 1.165) is 18.2 Å². The SMILES string of the molecule is N#CC(C#N)=Cc1cc(Br)cc(OC(F)(F)F)c1. The van der Waals surface area contributed by atoms with Gasteiger partial charge in [0.05, 0.1) is 0 Å². The lowest BCUT2D eigenvalue weighted by Crippen LogP contribution is -2.17. The van der Waals surface area contributed by atoms with E-state index < -0.39 is 12.1 Å². The van der Waals surface area contributed by atoms with Crippen molar-refractivity contribution in [2.75, 3.05) is 0 Å². The molecule has 0 spiro atoms. The lowest BCUT2D eigenvalue weighted by Gasteiger charge is -2.09. The molecule has 0 saturated heterocycles. The lowest BCUT2D eigenvalue weighted by molar-refractivity contribution is -0.274. The van der Waals surface area contributed by atoms with E-state index in [1.54, 1.807) is 12.1 Å². The van der Waals surface area contributed by atoms with Crippen LogP contribution in [0.2, 0.25) is 0 Å². The van der Waals surface area contributed by atoms with Gasteiger partial charge in [-0.3, -0.25) is 0 Å². The van der Waals surface area contributed by atoms with E-state index in [1.807, 2.05) is 0 Å². The number of nitrogens with zero attached hydrogens (tertiary/aromatic N) is 2. The number of hydrogen-bond acceptors (Lipinski definition) is 3. The highest BCUT2D eigenvalue weighted by atomic mass is 79.9. The summed E-state index contributed by atoms with van der Waals surface area (Å²) in [5.74, 6) is -0.432. The Balaban J connectivity index is 3.14. The molecule has 0 atom stereocenters. The van der Waals surface area contributed by atoms with Crippen LogP contribution < -0.4 is 4.74 Å². The van der Waals surface area contributed by atoms with Gasteiger partial charge in [-0.1, -0.05) is 15.9 Å². The van der Waals surface area contributed by atoms with Gasteiger partial charge in [0.1, 0.15) is 23.5 Å². The molecule has 1 aromatic rings. The third kappa shape index (κ3) is 4.48. The second kappa shape index (κ2) is 5.56. The van der Waals surface area contributed by atoms with Gasteiger partial charge in [-0.25, -0.2) is 0 Å². The van der Waals surface area contributed by atoms with Crippen LogP contribution in [0.3, 0.4) is 0 Å². The first-order valence-corrected chi connectivity index (χ1v) is 5.21. The first-order chi connectivity index (χ1) is 8.34. The van der Waals surface area contributed by atoms with Gasteiger partial charge in [-0.15, -0.1) is 13.2 Å². The Morgan fingerprint density at radius 2 is 1.83 bits per heavy atom. The van der Waals surface area contributed by atoms with Crippen molar-refractivity contribution in [2.45, 2.75) is 6.36 Å². The van der Waals surface area contributed by atoms with Gasteiger partial charge < -0.3 is 4.74 Å². The van der Waals surface area contributed by atoms with Crippen LogP contribution >= 0.6 is 15.9 Å². The largest absolute Gasteiger partial charge is 0.573 e. The molecule has 0 amide bonds. The number of nitriles is 2. The lowest BCUT2D eigenvalue weighted by atomic mass is 10.1. The van der Waals surface area contributed by atoms with E-state index in [2.05, 4.69) is 20.7 Å². The Morgan fingerprint density at radius 1 is 1.22 bits per heavy atom. The number of benzene rings is 1. The summed E-state index contributed by atoms with van der Waals surface area (Å²) in [6.07, 6.45) is -3.64. The van der Waals surface area contributed by atoms with Crippen molar-refractivity contribution < 1.29 is 17.9 Å². The Kier molecular flexibility index (Phi) is 4.35. The molecule has 1 rings (SSSR count). The molecule has 92 valence electrons. The van der Waals surface area contributed by atoms with Gasteiger partial charge in [0.2, 0.25) is 0 Å². The molecule has 7 heteroatoms. The average molecular weight is 317 g/mol. The van der Waals surface area contributed by atoms with Crippen LogP contribution in [0.5, 0.6) is 5.75 Å². The number of ether oxygens (including phenoxy) is 1. The molecule has 0 saturated carbocycles. The van der Waals surface area contributed by atoms with Crippen molar-refractivity contribution >= 4 is 22.0 Å². The monoisotopic (exact) mass is 316 g/mol. The summed E-state index contributed by atoms with van der Waals surface area (Å²) in [5, 5.41) is 17.1. The van der Waals surface area contributed by atoms with Crippen LogP contribution in [0.25, 0.3) is 6.08 Å². The first kappa shape index (κ1) is 14.1. The van der Waals surface area contributed by atoms with Crippen molar-refractivity contribution in [1.29, 1.82) is 10.5 Å². The van der Waals surface area contributed by atoms with E-state index in [-0.39, 0.29) is 11.1 Å². The summed E-state index contributed by atoms with van der Waals surface area (Å²) >= 11 is 3.01. The van der Waals surface area contributed by atoms with E-state index in [9.17, 15) is 13.2 Å². The summed E-state index contributed by atoms with van der Waals surface area (Å²) in [6, 6.07) is 6.88. The summed E-state index contributed by atoms with van der Waals surface area (Å²) in [6.45, 7) is 0. The molecule has 0 radical (unpaired) electrons. The van der Waals surface area contributed by atoms with E-state index in [0.29, 0.717) is 4.47 Å². The molecule has 0 heterocycles. The van der Waals surface area contributed by atoms with Crippen molar-refractivity contribution in [3.63, 3.8) is 0 Å². The fourth-order valence-corrected chi connectivity index (χ4v) is 1.61. The van der Waals surface area contributed by atoms with E-state index in [1.165, 1.54) is 6.07 Å². The fourth-order valence-electron chi connectivity index (χ4n) is 1.12. The van der Waals surface area contributed by atoms with Crippen LogP contribution in [-0.2, 0) is 0 Å². The van der Waals surface area contributed by atoms with Crippen LogP contribution in [0, 0.1) is 22.7 Å². The van der Waals surface area contributed by atoms with Gasteiger partial charge >= 0.3 is 6.36 Å². The van der Waals surface area contributed by atoms with Crippen molar-refractivity contribution in [3.05, 3.63) is 33.8 Å². The fraction of sp³-hybridized carbons (Fsp3) is 0.0909. The molecule has 3 nitrogen and oxygen atoms in total. The molecule has 0 aromatic heterocycles. The highest BCUT2D eigenvalue weighted by Crippen LogP contribution is 2.28. The smallest absolute Gasteiger partial charge is 0.406 e. The van der Waals surface area contributed by atoms with Gasteiger partial charge in [-0.2, -0.15) is 10.5 Å². The Hall–Kier alpha value is -1.99. The summed E-state index contributed by atoms with van der Waals surface area (Å²) in [5.41, 5.74) is 0.0350. The van der Waals surface area contributed by atoms with Gasteiger partial charge in [0.15, 0.2) is 0 Å². The minimum atomic E-state index is -4.80. The molecule has 0 aliphatic heterocycles.